The van der Waals surface area contributed by atoms with Gasteiger partial charge in [-0.05, 0) is 18.8 Å². The van der Waals surface area contributed by atoms with Crippen molar-refractivity contribution in [2.24, 2.45) is 11.8 Å². The molecule has 2 unspecified atom stereocenters. The zero-order chi connectivity index (χ0) is 13.6. The van der Waals surface area contributed by atoms with Gasteiger partial charge >= 0.3 is 0 Å². The monoisotopic (exact) mass is 282 g/mol. The van der Waals surface area contributed by atoms with Gasteiger partial charge in [-0.1, -0.05) is 0 Å². The normalized spacial score (nSPS) is 27.8. The first-order valence-corrected chi connectivity index (χ1v) is 8.27. The molecule has 19 heavy (non-hydrogen) atoms. The van der Waals surface area contributed by atoms with Crippen LogP contribution in [-0.4, -0.2) is 55.1 Å². The molecule has 1 aromatic heterocycles. The number of fused-ring (bicyclic) bond motifs is 1. The molecule has 3 heterocycles. The summed E-state index contributed by atoms with van der Waals surface area (Å²) in [4.78, 5) is 10.6. The van der Waals surface area contributed by atoms with E-state index >= 15 is 0 Å². The number of rotatable bonds is 2. The molecule has 6 nitrogen and oxygen atoms in total. The van der Waals surface area contributed by atoms with E-state index in [0.717, 1.165) is 24.6 Å². The lowest BCUT2D eigenvalue weighted by molar-refractivity contribution is 0.458. The summed E-state index contributed by atoms with van der Waals surface area (Å²) < 4.78 is 24.7. The zero-order valence-corrected chi connectivity index (χ0v) is 12.0. The molecule has 2 fully saturated rings. The highest BCUT2D eigenvalue weighted by Gasteiger charge is 2.43. The fourth-order valence-electron chi connectivity index (χ4n) is 3.02. The van der Waals surface area contributed by atoms with Crippen LogP contribution in [0.5, 0.6) is 0 Å². The van der Waals surface area contributed by atoms with E-state index in [4.69, 9.17) is 0 Å². The van der Waals surface area contributed by atoms with E-state index in [1.54, 1.807) is 10.6 Å². The van der Waals surface area contributed by atoms with Gasteiger partial charge in [-0.25, -0.2) is 22.7 Å². The zero-order valence-electron chi connectivity index (χ0n) is 11.2. The van der Waals surface area contributed by atoms with E-state index < -0.39 is 10.0 Å². The number of nitrogens with zero attached hydrogens (tertiary/aromatic N) is 4. The SMILES string of the molecule is Cc1cc(N2CC3CN(S(C)(=O)=O)CC3C2)ncn1. The first-order chi connectivity index (χ1) is 8.93. The van der Waals surface area contributed by atoms with Gasteiger partial charge in [0.1, 0.15) is 12.1 Å². The van der Waals surface area contributed by atoms with Crippen LogP contribution in [-0.2, 0) is 10.0 Å². The minimum atomic E-state index is -3.04. The Morgan fingerprint density at radius 3 is 2.32 bits per heavy atom. The largest absolute Gasteiger partial charge is 0.356 e. The predicted octanol–water partition coefficient (Wildman–Crippen LogP) is 0.113. The summed E-state index contributed by atoms with van der Waals surface area (Å²) in [5.74, 6) is 1.79. The minimum absolute atomic E-state index is 0.421. The molecule has 104 valence electrons. The van der Waals surface area contributed by atoms with Gasteiger partial charge in [0.05, 0.1) is 6.26 Å². The smallest absolute Gasteiger partial charge is 0.211 e. The predicted molar refractivity (Wildman–Crippen MR) is 72.4 cm³/mol. The van der Waals surface area contributed by atoms with Crippen molar-refractivity contribution >= 4 is 15.8 Å². The van der Waals surface area contributed by atoms with Crippen molar-refractivity contribution in [2.45, 2.75) is 6.92 Å². The topological polar surface area (TPSA) is 66.4 Å². The third-order valence-electron chi connectivity index (χ3n) is 4.04. The van der Waals surface area contributed by atoms with Crippen molar-refractivity contribution in [2.75, 3.05) is 37.3 Å². The third-order valence-corrected chi connectivity index (χ3v) is 5.27. The van der Waals surface area contributed by atoms with Crippen LogP contribution in [0.15, 0.2) is 12.4 Å². The van der Waals surface area contributed by atoms with E-state index in [9.17, 15) is 8.42 Å². The van der Waals surface area contributed by atoms with Crippen LogP contribution in [0.2, 0.25) is 0 Å². The van der Waals surface area contributed by atoms with Gasteiger partial charge in [0.2, 0.25) is 10.0 Å². The van der Waals surface area contributed by atoms with E-state index in [1.165, 1.54) is 6.26 Å². The summed E-state index contributed by atoms with van der Waals surface area (Å²) >= 11 is 0. The Bertz CT molecular complexity index is 575. The molecule has 0 saturated carbocycles. The van der Waals surface area contributed by atoms with Crippen molar-refractivity contribution in [1.29, 1.82) is 0 Å². The van der Waals surface area contributed by atoms with E-state index in [1.807, 2.05) is 13.0 Å². The summed E-state index contributed by atoms with van der Waals surface area (Å²) in [7, 11) is -3.04. The quantitative estimate of drug-likeness (QED) is 0.770. The maximum Gasteiger partial charge on any atom is 0.211 e. The van der Waals surface area contributed by atoms with Crippen LogP contribution in [0.25, 0.3) is 0 Å². The maximum atomic E-state index is 11.6. The summed E-state index contributed by atoms with van der Waals surface area (Å²) in [6, 6.07) is 1.98. The Labute approximate surface area is 113 Å². The molecule has 1 aromatic rings. The fourth-order valence-corrected chi connectivity index (χ4v) is 3.95. The van der Waals surface area contributed by atoms with Gasteiger partial charge in [-0.3, -0.25) is 0 Å². The molecule has 2 saturated heterocycles. The van der Waals surface area contributed by atoms with Gasteiger partial charge in [-0.2, -0.15) is 0 Å². The second kappa shape index (κ2) is 4.42. The van der Waals surface area contributed by atoms with Crippen LogP contribution in [0.1, 0.15) is 5.69 Å². The number of anilines is 1. The molecule has 3 rings (SSSR count). The molecule has 0 N–H and O–H groups in total. The van der Waals surface area contributed by atoms with Crippen LogP contribution >= 0.6 is 0 Å². The van der Waals surface area contributed by atoms with Crippen LogP contribution in [0.4, 0.5) is 5.82 Å². The standard InChI is InChI=1S/C12H18N4O2S/c1-9-3-12(14-8-13-9)15-4-10-6-16(19(2,17)18)7-11(10)5-15/h3,8,10-11H,4-7H2,1-2H3. The molecule has 0 aliphatic carbocycles. The van der Waals surface area contributed by atoms with E-state index in [2.05, 4.69) is 14.9 Å². The Kier molecular flexibility index (Phi) is 2.98. The van der Waals surface area contributed by atoms with Crippen molar-refractivity contribution in [3.05, 3.63) is 18.1 Å². The molecule has 7 heteroatoms. The van der Waals surface area contributed by atoms with Crippen LogP contribution in [0.3, 0.4) is 0 Å². The van der Waals surface area contributed by atoms with Crippen LogP contribution in [0, 0.1) is 18.8 Å². The van der Waals surface area contributed by atoms with Gasteiger partial charge in [0.15, 0.2) is 0 Å². The Hall–Kier alpha value is -1.21. The number of aryl methyl sites for hydroxylation is 1. The first-order valence-electron chi connectivity index (χ1n) is 6.42. The summed E-state index contributed by atoms with van der Waals surface area (Å²) in [6.07, 6.45) is 2.88. The number of aromatic nitrogens is 2. The highest BCUT2D eigenvalue weighted by molar-refractivity contribution is 7.88. The minimum Gasteiger partial charge on any atom is -0.356 e. The first kappa shape index (κ1) is 12.8. The van der Waals surface area contributed by atoms with Gasteiger partial charge < -0.3 is 4.90 Å². The Balaban J connectivity index is 1.72. The van der Waals surface area contributed by atoms with Crippen molar-refractivity contribution in [1.82, 2.24) is 14.3 Å². The Morgan fingerprint density at radius 1 is 1.16 bits per heavy atom. The van der Waals surface area contributed by atoms with E-state index in [0.29, 0.717) is 24.9 Å². The van der Waals surface area contributed by atoms with Gasteiger partial charge in [0.25, 0.3) is 0 Å². The molecule has 2 atom stereocenters. The number of hydrogen-bond acceptors (Lipinski definition) is 5. The Morgan fingerprint density at radius 2 is 1.79 bits per heavy atom. The van der Waals surface area contributed by atoms with Gasteiger partial charge in [-0.15, -0.1) is 0 Å². The lowest BCUT2D eigenvalue weighted by Gasteiger charge is -2.21. The van der Waals surface area contributed by atoms with Crippen LogP contribution < -0.4 is 4.90 Å². The average Bonchev–Trinajstić information content (AvgIpc) is 2.85. The number of sulfonamides is 1. The molecular weight excluding hydrogens is 264 g/mol. The lowest BCUT2D eigenvalue weighted by Crippen LogP contribution is -2.32. The molecule has 0 amide bonds. The summed E-state index contributed by atoms with van der Waals surface area (Å²) in [5.41, 5.74) is 0.958. The summed E-state index contributed by atoms with van der Waals surface area (Å²) in [5, 5.41) is 0. The van der Waals surface area contributed by atoms with Crippen molar-refractivity contribution in [3.8, 4) is 0 Å². The average molecular weight is 282 g/mol. The van der Waals surface area contributed by atoms with E-state index in [-0.39, 0.29) is 0 Å². The third kappa shape index (κ3) is 2.44. The molecular formula is C12H18N4O2S. The highest BCUT2D eigenvalue weighted by Crippen LogP contribution is 2.34. The summed E-state index contributed by atoms with van der Waals surface area (Å²) in [6.45, 7) is 5.00. The lowest BCUT2D eigenvalue weighted by atomic mass is 10.0. The maximum absolute atomic E-state index is 11.6. The molecule has 2 aliphatic rings. The molecule has 0 aromatic carbocycles. The molecule has 0 spiro atoms. The second-order valence-electron chi connectivity index (χ2n) is 5.52. The number of hydrogen-bond donors (Lipinski definition) is 0. The fraction of sp³-hybridized carbons (Fsp3) is 0.667. The second-order valence-corrected chi connectivity index (χ2v) is 7.51. The molecule has 0 bridgehead atoms. The van der Waals surface area contributed by atoms with Gasteiger partial charge in [0, 0.05) is 37.9 Å². The van der Waals surface area contributed by atoms with Crippen molar-refractivity contribution in [3.63, 3.8) is 0 Å². The molecule has 0 radical (unpaired) electrons. The highest BCUT2D eigenvalue weighted by atomic mass is 32.2. The van der Waals surface area contributed by atoms with Crippen molar-refractivity contribution < 1.29 is 8.42 Å². The molecule has 2 aliphatic heterocycles.